The van der Waals surface area contributed by atoms with Crippen molar-refractivity contribution in [2.45, 2.75) is 70.6 Å². The maximum atomic E-state index is 11.9. The van der Waals surface area contributed by atoms with Crippen LogP contribution in [0.2, 0.25) is 0 Å². The predicted molar refractivity (Wildman–Crippen MR) is 91.6 cm³/mol. The van der Waals surface area contributed by atoms with Crippen molar-refractivity contribution in [1.29, 1.82) is 0 Å². The summed E-state index contributed by atoms with van der Waals surface area (Å²) in [6.07, 6.45) is 5.27. The number of aromatic nitrogens is 1. The van der Waals surface area contributed by atoms with Gasteiger partial charge in [-0.3, -0.25) is 0 Å². The number of hydrogen-bond donors (Lipinski definition) is 2. The zero-order valence-electron chi connectivity index (χ0n) is 14.9. The van der Waals surface area contributed by atoms with Gasteiger partial charge in [0.2, 0.25) is 5.88 Å². The number of rotatable bonds is 6. The van der Waals surface area contributed by atoms with E-state index in [0.29, 0.717) is 11.4 Å². The summed E-state index contributed by atoms with van der Waals surface area (Å²) < 4.78 is 11.1. The van der Waals surface area contributed by atoms with Crippen molar-refractivity contribution < 1.29 is 24.2 Å². The average molecular weight is 350 g/mol. The predicted octanol–water partition coefficient (Wildman–Crippen LogP) is 2.92. The molecule has 7 heteroatoms. The Labute approximate surface area is 147 Å². The fourth-order valence-electron chi connectivity index (χ4n) is 2.72. The van der Waals surface area contributed by atoms with E-state index in [2.05, 4.69) is 10.3 Å². The van der Waals surface area contributed by atoms with E-state index >= 15 is 0 Å². The molecule has 1 aromatic rings. The molecule has 1 saturated carbocycles. The highest BCUT2D eigenvalue weighted by Crippen LogP contribution is 2.25. The van der Waals surface area contributed by atoms with Gasteiger partial charge in [-0.05, 0) is 52.5 Å². The van der Waals surface area contributed by atoms with Crippen LogP contribution in [0, 0.1) is 0 Å². The van der Waals surface area contributed by atoms with E-state index in [1.54, 1.807) is 39.1 Å². The first-order valence-electron chi connectivity index (χ1n) is 8.57. The van der Waals surface area contributed by atoms with E-state index in [9.17, 15) is 14.7 Å². The van der Waals surface area contributed by atoms with Crippen molar-refractivity contribution >= 4 is 12.1 Å². The van der Waals surface area contributed by atoms with Gasteiger partial charge in [0.1, 0.15) is 17.7 Å². The molecule has 7 nitrogen and oxygen atoms in total. The van der Waals surface area contributed by atoms with Crippen LogP contribution in [0.3, 0.4) is 0 Å². The molecule has 1 aliphatic carbocycles. The molecule has 25 heavy (non-hydrogen) atoms. The molecule has 1 heterocycles. The summed E-state index contributed by atoms with van der Waals surface area (Å²) in [5.41, 5.74) is -0.0455. The number of nitrogens with one attached hydrogen (secondary N) is 1. The Balaban J connectivity index is 2.06. The number of ether oxygens (including phenoxy) is 2. The van der Waals surface area contributed by atoms with Crippen molar-refractivity contribution in [2.75, 3.05) is 0 Å². The molecule has 1 atom stereocenters. The number of nitrogens with zero attached hydrogens (tertiary/aromatic N) is 1. The lowest BCUT2D eigenvalue weighted by Gasteiger charge is -2.22. The summed E-state index contributed by atoms with van der Waals surface area (Å²) in [6, 6.07) is 2.37. The second-order valence-electron chi connectivity index (χ2n) is 7.23. The highest BCUT2D eigenvalue weighted by atomic mass is 16.6. The molecule has 0 aromatic carbocycles. The van der Waals surface area contributed by atoms with Gasteiger partial charge >= 0.3 is 12.1 Å². The first-order valence-corrected chi connectivity index (χ1v) is 8.57. The molecule has 0 saturated heterocycles. The topological polar surface area (TPSA) is 97.8 Å². The van der Waals surface area contributed by atoms with Crippen LogP contribution in [0.5, 0.6) is 5.88 Å². The van der Waals surface area contributed by atoms with Crippen LogP contribution >= 0.6 is 0 Å². The van der Waals surface area contributed by atoms with Gasteiger partial charge in [-0.15, -0.1) is 0 Å². The van der Waals surface area contributed by atoms with Crippen molar-refractivity contribution in [3.8, 4) is 5.88 Å². The second-order valence-corrected chi connectivity index (χ2v) is 7.23. The smallest absolute Gasteiger partial charge is 0.408 e. The van der Waals surface area contributed by atoms with E-state index in [0.717, 1.165) is 25.7 Å². The third-order valence-corrected chi connectivity index (χ3v) is 3.84. The Morgan fingerprint density at radius 3 is 2.64 bits per heavy atom. The third-order valence-electron chi connectivity index (χ3n) is 3.84. The fourth-order valence-corrected chi connectivity index (χ4v) is 2.72. The molecular formula is C18H26N2O5. The van der Waals surface area contributed by atoms with Crippen LogP contribution in [0.4, 0.5) is 4.79 Å². The number of alkyl carbamates (subject to hydrolysis) is 1. The second kappa shape index (κ2) is 8.18. The molecule has 1 unspecified atom stereocenters. The lowest BCUT2D eigenvalue weighted by molar-refractivity contribution is -0.139. The SMILES string of the molecule is CC(C)(C)OC(=O)NC(Cc1cccnc1OC1CCCC1)C(=O)O. The molecule has 2 rings (SSSR count). The highest BCUT2D eigenvalue weighted by molar-refractivity contribution is 5.80. The van der Waals surface area contributed by atoms with Gasteiger partial charge in [0.25, 0.3) is 0 Å². The van der Waals surface area contributed by atoms with Crippen molar-refractivity contribution in [3.63, 3.8) is 0 Å². The van der Waals surface area contributed by atoms with Crippen LogP contribution < -0.4 is 10.1 Å². The van der Waals surface area contributed by atoms with E-state index < -0.39 is 23.7 Å². The number of carboxylic acid groups (broad SMARTS) is 1. The van der Waals surface area contributed by atoms with Crippen LogP contribution in [-0.4, -0.2) is 39.9 Å². The molecule has 2 N–H and O–H groups in total. The number of carbonyl (C=O) groups excluding carboxylic acids is 1. The van der Waals surface area contributed by atoms with Gasteiger partial charge in [-0.25, -0.2) is 14.6 Å². The summed E-state index contributed by atoms with van der Waals surface area (Å²) in [4.78, 5) is 27.6. The number of hydrogen-bond acceptors (Lipinski definition) is 5. The lowest BCUT2D eigenvalue weighted by atomic mass is 10.1. The maximum absolute atomic E-state index is 11.9. The van der Waals surface area contributed by atoms with Gasteiger partial charge in [-0.2, -0.15) is 0 Å². The van der Waals surface area contributed by atoms with Gasteiger partial charge < -0.3 is 19.9 Å². The molecule has 1 fully saturated rings. The maximum Gasteiger partial charge on any atom is 0.408 e. The summed E-state index contributed by atoms with van der Waals surface area (Å²) in [7, 11) is 0. The Bertz CT molecular complexity index is 606. The molecule has 1 amide bonds. The quantitative estimate of drug-likeness (QED) is 0.818. The monoisotopic (exact) mass is 350 g/mol. The minimum atomic E-state index is -1.14. The zero-order chi connectivity index (χ0) is 18.4. The largest absolute Gasteiger partial charge is 0.480 e. The molecular weight excluding hydrogens is 324 g/mol. The van der Waals surface area contributed by atoms with Crippen LogP contribution in [0.25, 0.3) is 0 Å². The fraction of sp³-hybridized carbons (Fsp3) is 0.611. The van der Waals surface area contributed by atoms with Crippen molar-refractivity contribution in [2.24, 2.45) is 0 Å². The number of aliphatic carboxylic acids is 1. The summed E-state index contributed by atoms with van der Waals surface area (Å²) >= 11 is 0. The Kier molecular flexibility index (Phi) is 6.22. The Morgan fingerprint density at radius 2 is 2.04 bits per heavy atom. The van der Waals surface area contributed by atoms with E-state index in [4.69, 9.17) is 9.47 Å². The van der Waals surface area contributed by atoms with Crippen LogP contribution in [0.15, 0.2) is 18.3 Å². The number of carbonyl (C=O) groups is 2. The van der Waals surface area contributed by atoms with Crippen LogP contribution in [-0.2, 0) is 16.0 Å². The molecule has 0 spiro atoms. The number of carboxylic acids is 1. The molecule has 0 radical (unpaired) electrons. The summed E-state index contributed by atoms with van der Waals surface area (Å²) in [6.45, 7) is 5.16. The van der Waals surface area contributed by atoms with Gasteiger partial charge in [0, 0.05) is 18.2 Å². The molecule has 0 aliphatic heterocycles. The summed E-state index contributed by atoms with van der Waals surface area (Å²) in [5, 5.41) is 11.8. The van der Waals surface area contributed by atoms with Gasteiger partial charge in [0.05, 0.1) is 0 Å². The molecule has 0 bridgehead atoms. The standard InChI is InChI=1S/C18H26N2O5/c1-18(2,3)25-17(23)20-14(16(21)22)11-12-7-6-10-19-15(12)24-13-8-4-5-9-13/h6-7,10,13-14H,4-5,8-9,11H2,1-3H3,(H,20,23)(H,21,22). The number of amides is 1. The first kappa shape index (κ1) is 19.0. The minimum Gasteiger partial charge on any atom is -0.480 e. The third kappa shape index (κ3) is 6.25. The Morgan fingerprint density at radius 1 is 1.36 bits per heavy atom. The summed E-state index contributed by atoms with van der Waals surface area (Å²) in [5.74, 6) is -0.701. The van der Waals surface area contributed by atoms with Gasteiger partial charge in [-0.1, -0.05) is 6.07 Å². The zero-order valence-corrected chi connectivity index (χ0v) is 14.9. The van der Waals surface area contributed by atoms with Crippen LogP contribution in [0.1, 0.15) is 52.0 Å². The highest BCUT2D eigenvalue weighted by Gasteiger charge is 2.26. The van der Waals surface area contributed by atoms with E-state index in [1.807, 2.05) is 0 Å². The molecule has 138 valence electrons. The average Bonchev–Trinajstić information content (AvgIpc) is 2.99. The Hall–Kier alpha value is -2.31. The molecule has 1 aliphatic rings. The minimum absolute atomic E-state index is 0.0739. The lowest BCUT2D eigenvalue weighted by Crippen LogP contribution is -2.44. The number of pyridine rings is 1. The first-order chi connectivity index (χ1) is 11.7. The van der Waals surface area contributed by atoms with E-state index in [1.165, 1.54) is 0 Å². The molecule has 1 aromatic heterocycles. The van der Waals surface area contributed by atoms with Gasteiger partial charge in [0.15, 0.2) is 0 Å². The van der Waals surface area contributed by atoms with Crippen molar-refractivity contribution in [3.05, 3.63) is 23.9 Å². The van der Waals surface area contributed by atoms with E-state index in [-0.39, 0.29) is 12.5 Å². The van der Waals surface area contributed by atoms with Crippen molar-refractivity contribution in [1.82, 2.24) is 10.3 Å². The normalized spacial score (nSPS) is 16.3.